The number of thiocarbonyl (C=S) groups is 1. The first-order valence-corrected chi connectivity index (χ1v) is 12.6. The first-order valence-electron chi connectivity index (χ1n) is 11.5. The highest BCUT2D eigenvalue weighted by molar-refractivity contribution is 7.80. The average molecular weight is 555 g/mol. The average Bonchev–Trinajstić information content (AvgIpc) is 3.51. The van der Waals surface area contributed by atoms with E-state index in [0.29, 0.717) is 38.9 Å². The topological polar surface area (TPSA) is 70.4 Å². The molecule has 0 bridgehead atoms. The molecule has 6 nitrogen and oxygen atoms in total. The van der Waals surface area contributed by atoms with Gasteiger partial charge in [-0.3, -0.25) is 9.78 Å². The molecule has 5 rings (SSSR count). The fourth-order valence-electron chi connectivity index (χ4n) is 4.25. The van der Waals surface area contributed by atoms with Gasteiger partial charge in [-0.1, -0.05) is 29.3 Å². The van der Waals surface area contributed by atoms with Crippen LogP contribution in [0.1, 0.15) is 30.0 Å². The zero-order chi connectivity index (χ0) is 25.9. The maximum absolute atomic E-state index is 13.2. The van der Waals surface area contributed by atoms with E-state index in [9.17, 15) is 9.18 Å². The van der Waals surface area contributed by atoms with E-state index < -0.39 is 0 Å². The standard InChI is InChI=1S/C27H21Cl2FN4O2S/c28-19-9-4-16(15-20(19)29)22-10-11-23(36-22)26-25(21-3-1-2-13-31-21)33-27(37)34(26)14-12-24(35)32-18-7-5-17(30)6-8-18/h1-11,13,15,25-26H,12,14H2,(H,32,35)(H,33,37)/t25-,26-/m1/s1. The zero-order valence-electron chi connectivity index (χ0n) is 19.3. The Morgan fingerprint density at radius 1 is 1.08 bits per heavy atom. The highest BCUT2D eigenvalue weighted by Gasteiger charge is 2.41. The van der Waals surface area contributed by atoms with Gasteiger partial charge in [0.1, 0.15) is 23.4 Å². The van der Waals surface area contributed by atoms with Crippen molar-refractivity contribution in [3.8, 4) is 11.3 Å². The normalized spacial score (nSPS) is 17.1. The lowest BCUT2D eigenvalue weighted by molar-refractivity contribution is -0.116. The lowest BCUT2D eigenvalue weighted by atomic mass is 10.0. The molecule has 37 heavy (non-hydrogen) atoms. The van der Waals surface area contributed by atoms with Crippen molar-refractivity contribution < 1.29 is 13.6 Å². The minimum atomic E-state index is -0.367. The van der Waals surface area contributed by atoms with Crippen molar-refractivity contribution in [2.75, 3.05) is 11.9 Å². The molecule has 0 saturated carbocycles. The van der Waals surface area contributed by atoms with Crippen LogP contribution in [-0.4, -0.2) is 27.4 Å². The van der Waals surface area contributed by atoms with Crippen molar-refractivity contribution >= 4 is 52.1 Å². The van der Waals surface area contributed by atoms with Crippen LogP contribution >= 0.6 is 35.4 Å². The van der Waals surface area contributed by atoms with Crippen LogP contribution in [0.4, 0.5) is 10.1 Å². The molecule has 188 valence electrons. The first kappa shape index (κ1) is 25.2. The molecule has 0 spiro atoms. The molecule has 2 atom stereocenters. The number of pyridine rings is 1. The van der Waals surface area contributed by atoms with Gasteiger partial charge in [-0.05, 0) is 78.9 Å². The molecular formula is C27H21Cl2FN4O2S. The van der Waals surface area contributed by atoms with Crippen molar-refractivity contribution in [2.45, 2.75) is 18.5 Å². The van der Waals surface area contributed by atoms with Gasteiger partial charge in [-0.25, -0.2) is 4.39 Å². The summed E-state index contributed by atoms with van der Waals surface area (Å²) in [5, 5.41) is 7.50. The van der Waals surface area contributed by atoms with Crippen molar-refractivity contribution in [3.63, 3.8) is 0 Å². The lowest BCUT2D eigenvalue weighted by Gasteiger charge is -2.25. The van der Waals surface area contributed by atoms with E-state index in [1.54, 1.807) is 18.3 Å². The van der Waals surface area contributed by atoms with E-state index in [4.69, 9.17) is 39.8 Å². The minimum Gasteiger partial charge on any atom is -0.459 e. The third kappa shape index (κ3) is 5.61. The number of nitrogens with one attached hydrogen (secondary N) is 2. The van der Waals surface area contributed by atoms with Crippen LogP contribution in [0.2, 0.25) is 10.0 Å². The van der Waals surface area contributed by atoms with Crippen LogP contribution in [0.15, 0.2) is 83.4 Å². The van der Waals surface area contributed by atoms with Crippen LogP contribution < -0.4 is 10.6 Å². The van der Waals surface area contributed by atoms with Crippen molar-refractivity contribution in [1.29, 1.82) is 0 Å². The molecule has 1 amide bonds. The van der Waals surface area contributed by atoms with E-state index in [0.717, 1.165) is 11.3 Å². The van der Waals surface area contributed by atoms with Gasteiger partial charge < -0.3 is 20.0 Å². The summed E-state index contributed by atoms with van der Waals surface area (Å²) in [6, 6.07) is 19.7. The minimum absolute atomic E-state index is 0.158. The largest absolute Gasteiger partial charge is 0.459 e. The molecule has 2 aromatic carbocycles. The van der Waals surface area contributed by atoms with E-state index in [2.05, 4.69) is 15.6 Å². The highest BCUT2D eigenvalue weighted by atomic mass is 35.5. The number of rotatable bonds is 7. The molecule has 1 aliphatic rings. The smallest absolute Gasteiger partial charge is 0.226 e. The van der Waals surface area contributed by atoms with Gasteiger partial charge in [0.2, 0.25) is 5.91 Å². The number of carbonyl (C=O) groups excluding carboxylic acids is 1. The maximum atomic E-state index is 13.2. The number of hydrogen-bond donors (Lipinski definition) is 2. The van der Waals surface area contributed by atoms with Crippen LogP contribution in [0.5, 0.6) is 0 Å². The molecule has 1 fully saturated rings. The number of benzene rings is 2. The number of aromatic nitrogens is 1. The predicted molar refractivity (Wildman–Crippen MR) is 146 cm³/mol. The summed E-state index contributed by atoms with van der Waals surface area (Å²) >= 11 is 17.9. The third-order valence-corrected chi connectivity index (χ3v) is 7.12. The zero-order valence-corrected chi connectivity index (χ0v) is 21.7. The molecule has 0 radical (unpaired) electrons. The summed E-state index contributed by atoms with van der Waals surface area (Å²) in [6.07, 6.45) is 1.88. The maximum Gasteiger partial charge on any atom is 0.226 e. The Balaban J connectivity index is 1.40. The fourth-order valence-corrected chi connectivity index (χ4v) is 4.88. The van der Waals surface area contributed by atoms with Gasteiger partial charge in [0.25, 0.3) is 0 Å². The van der Waals surface area contributed by atoms with E-state index in [1.807, 2.05) is 41.3 Å². The quantitative estimate of drug-likeness (QED) is 0.245. The second kappa shape index (κ2) is 10.9. The molecule has 2 aromatic heterocycles. The Morgan fingerprint density at radius 3 is 2.62 bits per heavy atom. The second-order valence-corrected chi connectivity index (χ2v) is 9.66. The van der Waals surface area contributed by atoms with Crippen molar-refractivity contribution in [2.24, 2.45) is 0 Å². The summed E-state index contributed by atoms with van der Waals surface area (Å²) < 4.78 is 19.5. The van der Waals surface area contributed by atoms with Crippen LogP contribution in [0, 0.1) is 5.82 Å². The number of hydrogen-bond acceptors (Lipinski definition) is 4. The predicted octanol–water partition coefficient (Wildman–Crippen LogP) is 6.79. The number of nitrogens with zero attached hydrogens (tertiary/aromatic N) is 2. The van der Waals surface area contributed by atoms with Gasteiger partial charge in [0.05, 0.1) is 21.8 Å². The van der Waals surface area contributed by atoms with Gasteiger partial charge >= 0.3 is 0 Å². The highest BCUT2D eigenvalue weighted by Crippen LogP contribution is 2.41. The van der Waals surface area contributed by atoms with E-state index in [1.165, 1.54) is 24.3 Å². The Kier molecular flexibility index (Phi) is 7.41. The number of furan rings is 1. The van der Waals surface area contributed by atoms with Gasteiger partial charge in [-0.2, -0.15) is 0 Å². The molecule has 2 N–H and O–H groups in total. The molecule has 4 aromatic rings. The van der Waals surface area contributed by atoms with Gasteiger partial charge in [0.15, 0.2) is 5.11 Å². The van der Waals surface area contributed by atoms with E-state index >= 15 is 0 Å². The summed E-state index contributed by atoms with van der Waals surface area (Å²) in [5.74, 6) is 0.696. The summed E-state index contributed by atoms with van der Waals surface area (Å²) in [6.45, 7) is 0.329. The lowest BCUT2D eigenvalue weighted by Crippen LogP contribution is -2.32. The van der Waals surface area contributed by atoms with E-state index in [-0.39, 0.29) is 30.2 Å². The number of carbonyl (C=O) groups is 1. The molecule has 0 unspecified atom stereocenters. The SMILES string of the molecule is O=C(CCN1C(=S)N[C@H](c2ccccn2)[C@H]1c1ccc(-c2ccc(Cl)c(Cl)c2)o1)Nc1ccc(F)cc1. The number of amides is 1. The van der Waals surface area contributed by atoms with Crippen LogP contribution in [0.3, 0.4) is 0 Å². The number of anilines is 1. The molecule has 10 heteroatoms. The molecular weight excluding hydrogens is 534 g/mol. The number of halogens is 3. The Bertz CT molecular complexity index is 1430. The Hall–Kier alpha value is -3.46. The summed E-state index contributed by atoms with van der Waals surface area (Å²) in [7, 11) is 0. The Labute approximate surface area is 228 Å². The molecule has 1 saturated heterocycles. The Morgan fingerprint density at radius 2 is 1.89 bits per heavy atom. The summed E-state index contributed by atoms with van der Waals surface area (Å²) in [4.78, 5) is 19.1. The van der Waals surface area contributed by atoms with Gasteiger partial charge in [-0.15, -0.1) is 0 Å². The molecule has 1 aliphatic heterocycles. The van der Waals surface area contributed by atoms with Crippen LogP contribution in [0.25, 0.3) is 11.3 Å². The monoisotopic (exact) mass is 554 g/mol. The second-order valence-electron chi connectivity index (χ2n) is 8.46. The summed E-state index contributed by atoms with van der Waals surface area (Å²) in [5.41, 5.74) is 2.10. The molecule has 3 heterocycles. The fraction of sp³-hybridized carbons (Fsp3) is 0.148. The van der Waals surface area contributed by atoms with Crippen molar-refractivity contribution in [1.82, 2.24) is 15.2 Å². The van der Waals surface area contributed by atoms with Crippen LogP contribution in [-0.2, 0) is 4.79 Å². The first-order chi connectivity index (χ1) is 17.9. The molecule has 0 aliphatic carbocycles. The third-order valence-electron chi connectivity index (χ3n) is 6.03. The van der Waals surface area contributed by atoms with Crippen molar-refractivity contribution in [3.05, 3.63) is 106 Å². The van der Waals surface area contributed by atoms with Gasteiger partial charge in [0, 0.05) is 30.4 Å².